The molecule has 7 nitrogen and oxygen atoms in total. The molecule has 33 heavy (non-hydrogen) atoms. The second-order valence-corrected chi connectivity index (χ2v) is 11.2. The second kappa shape index (κ2) is 9.64. The molecule has 0 saturated heterocycles. The maximum atomic E-state index is 12.6. The van der Waals surface area contributed by atoms with Crippen molar-refractivity contribution in [1.29, 1.82) is 0 Å². The summed E-state index contributed by atoms with van der Waals surface area (Å²) < 4.78 is 35.4. The Morgan fingerprint density at radius 1 is 1.06 bits per heavy atom. The van der Waals surface area contributed by atoms with Gasteiger partial charge >= 0.3 is 0 Å². The summed E-state index contributed by atoms with van der Waals surface area (Å²) in [5, 5.41) is 3.67. The number of nitrogens with zero attached hydrogens (tertiary/aromatic N) is 3. The monoisotopic (exact) mass is 482 g/mol. The summed E-state index contributed by atoms with van der Waals surface area (Å²) in [6.45, 7) is 3.38. The highest BCUT2D eigenvalue weighted by atomic mass is 32.2. The van der Waals surface area contributed by atoms with Crippen LogP contribution in [-0.4, -0.2) is 42.7 Å². The molecular formula is C24H26N4O3S2. The predicted octanol–water partition coefficient (Wildman–Crippen LogP) is 4.31. The lowest BCUT2D eigenvalue weighted by molar-refractivity contribution is 0.249. The number of benzene rings is 1. The van der Waals surface area contributed by atoms with Crippen LogP contribution in [-0.2, 0) is 23.0 Å². The van der Waals surface area contributed by atoms with Crippen LogP contribution in [0, 0.1) is 0 Å². The van der Waals surface area contributed by atoms with Gasteiger partial charge in [0, 0.05) is 43.8 Å². The van der Waals surface area contributed by atoms with E-state index in [9.17, 15) is 8.42 Å². The predicted molar refractivity (Wildman–Crippen MR) is 129 cm³/mol. The summed E-state index contributed by atoms with van der Waals surface area (Å²) in [7, 11) is -3.51. The molecule has 0 fully saturated rings. The van der Waals surface area contributed by atoms with Gasteiger partial charge in [-0.15, -0.1) is 11.3 Å². The Balaban J connectivity index is 1.09. The quantitative estimate of drug-likeness (QED) is 0.360. The van der Waals surface area contributed by atoms with Crippen molar-refractivity contribution in [2.24, 2.45) is 0 Å². The number of rotatable bonds is 9. The molecule has 1 aromatic carbocycles. The van der Waals surface area contributed by atoms with Crippen LogP contribution in [0.15, 0.2) is 75.9 Å². The van der Waals surface area contributed by atoms with Crippen LogP contribution in [0.5, 0.6) is 0 Å². The minimum absolute atomic E-state index is 0.292. The van der Waals surface area contributed by atoms with E-state index in [0.29, 0.717) is 16.5 Å². The van der Waals surface area contributed by atoms with Crippen LogP contribution >= 0.6 is 11.3 Å². The van der Waals surface area contributed by atoms with Crippen LogP contribution in [0.2, 0.25) is 0 Å². The van der Waals surface area contributed by atoms with E-state index in [1.165, 1.54) is 28.2 Å². The maximum absolute atomic E-state index is 12.6. The zero-order chi connectivity index (χ0) is 22.7. The average Bonchev–Trinajstić information content (AvgIpc) is 3.60. The lowest BCUT2D eigenvalue weighted by atomic mass is 9.99. The molecule has 9 heteroatoms. The number of nitrogens with one attached hydrogen (secondary N) is 1. The molecule has 1 N–H and O–H groups in total. The van der Waals surface area contributed by atoms with E-state index >= 15 is 0 Å². The first-order valence-electron chi connectivity index (χ1n) is 11.1. The fourth-order valence-electron chi connectivity index (χ4n) is 4.14. The van der Waals surface area contributed by atoms with E-state index in [1.54, 1.807) is 24.4 Å². The molecule has 1 aliphatic heterocycles. The first-order chi connectivity index (χ1) is 16.1. The minimum atomic E-state index is -3.51. The standard InChI is InChI=1S/C24H26N4O3S2/c29-33(30,24-8-7-23(32-24)22-9-12-25-31-22)26-11-1-2-13-27-16-10-19-5-6-21(17-20(19)18-27)28-14-3-4-15-28/h3-9,12,14-15,17,26H,1-2,10-11,13,16,18H2. The van der Waals surface area contributed by atoms with Crippen molar-refractivity contribution in [2.75, 3.05) is 19.6 Å². The highest BCUT2D eigenvalue weighted by Crippen LogP contribution is 2.30. The van der Waals surface area contributed by atoms with Crippen LogP contribution in [0.4, 0.5) is 0 Å². The molecule has 0 bridgehead atoms. The van der Waals surface area contributed by atoms with Gasteiger partial charge < -0.3 is 9.09 Å². The van der Waals surface area contributed by atoms with Gasteiger partial charge in [-0.25, -0.2) is 13.1 Å². The molecule has 0 unspecified atom stereocenters. The van der Waals surface area contributed by atoms with Gasteiger partial charge in [-0.2, -0.15) is 0 Å². The van der Waals surface area contributed by atoms with Crippen molar-refractivity contribution in [1.82, 2.24) is 19.3 Å². The van der Waals surface area contributed by atoms with Crippen molar-refractivity contribution in [3.63, 3.8) is 0 Å². The van der Waals surface area contributed by atoms with E-state index in [2.05, 4.69) is 49.9 Å². The number of sulfonamides is 1. The zero-order valence-electron chi connectivity index (χ0n) is 18.2. The zero-order valence-corrected chi connectivity index (χ0v) is 19.8. The molecule has 5 rings (SSSR count). The minimum Gasteiger partial charge on any atom is -0.355 e. The number of fused-ring (bicyclic) bond motifs is 1. The van der Waals surface area contributed by atoms with E-state index < -0.39 is 10.0 Å². The summed E-state index contributed by atoms with van der Waals surface area (Å²) in [4.78, 5) is 3.21. The molecule has 172 valence electrons. The number of aromatic nitrogens is 2. The van der Waals surface area contributed by atoms with Gasteiger partial charge in [0.05, 0.1) is 11.1 Å². The summed E-state index contributed by atoms with van der Waals surface area (Å²) in [5.41, 5.74) is 4.00. The molecular weight excluding hydrogens is 456 g/mol. The molecule has 4 heterocycles. The summed E-state index contributed by atoms with van der Waals surface area (Å²) in [5.74, 6) is 0.574. The average molecular weight is 483 g/mol. The number of hydrogen-bond acceptors (Lipinski definition) is 6. The van der Waals surface area contributed by atoms with E-state index in [4.69, 9.17) is 4.52 Å². The fourth-order valence-corrected chi connectivity index (χ4v) is 6.52. The van der Waals surface area contributed by atoms with Gasteiger partial charge in [-0.05, 0) is 73.3 Å². The topological polar surface area (TPSA) is 80.4 Å². The molecule has 0 spiro atoms. The molecule has 0 amide bonds. The van der Waals surface area contributed by atoms with Crippen molar-refractivity contribution in [3.05, 3.63) is 78.2 Å². The SMILES string of the molecule is O=S(=O)(NCCCCN1CCc2ccc(-n3cccc3)cc2C1)c1ccc(-c2ccno2)s1. The summed E-state index contributed by atoms with van der Waals surface area (Å²) >= 11 is 1.18. The fraction of sp³-hybridized carbons (Fsp3) is 0.292. The Kier molecular flexibility index (Phi) is 6.45. The Morgan fingerprint density at radius 3 is 2.76 bits per heavy atom. The number of unbranched alkanes of at least 4 members (excludes halogenated alkanes) is 1. The van der Waals surface area contributed by atoms with Gasteiger partial charge in [0.1, 0.15) is 4.21 Å². The van der Waals surface area contributed by atoms with Gasteiger partial charge in [-0.3, -0.25) is 4.90 Å². The Bertz CT molecular complexity index is 1300. The molecule has 0 radical (unpaired) electrons. The third kappa shape index (κ3) is 5.11. The number of thiophene rings is 1. The first kappa shape index (κ1) is 22.1. The first-order valence-corrected chi connectivity index (χ1v) is 13.4. The van der Waals surface area contributed by atoms with Crippen LogP contribution < -0.4 is 4.72 Å². The van der Waals surface area contributed by atoms with E-state index in [-0.39, 0.29) is 0 Å². The van der Waals surface area contributed by atoms with Gasteiger partial charge in [0.25, 0.3) is 0 Å². The summed E-state index contributed by atoms with van der Waals surface area (Å²) in [6, 6.07) is 15.9. The van der Waals surface area contributed by atoms with Crippen molar-refractivity contribution in [2.45, 2.75) is 30.0 Å². The molecule has 0 saturated carbocycles. The van der Waals surface area contributed by atoms with Crippen LogP contribution in [0.3, 0.4) is 0 Å². The van der Waals surface area contributed by atoms with Gasteiger partial charge in [0.15, 0.2) is 5.76 Å². The molecule has 0 atom stereocenters. The Labute approximate surface area is 197 Å². The normalized spacial score (nSPS) is 14.4. The third-order valence-electron chi connectivity index (χ3n) is 5.90. The highest BCUT2D eigenvalue weighted by molar-refractivity contribution is 7.91. The molecule has 1 aliphatic rings. The number of hydrogen-bond donors (Lipinski definition) is 1. The lowest BCUT2D eigenvalue weighted by Crippen LogP contribution is -2.32. The van der Waals surface area contributed by atoms with Gasteiger partial charge in [-0.1, -0.05) is 11.2 Å². The molecule has 4 aromatic rings. The van der Waals surface area contributed by atoms with E-state index in [0.717, 1.165) is 43.8 Å². The van der Waals surface area contributed by atoms with E-state index in [1.807, 2.05) is 12.1 Å². The Morgan fingerprint density at radius 2 is 1.94 bits per heavy atom. The third-order valence-corrected chi connectivity index (χ3v) is 8.96. The smallest absolute Gasteiger partial charge is 0.250 e. The second-order valence-electron chi connectivity index (χ2n) is 8.17. The van der Waals surface area contributed by atoms with Crippen LogP contribution in [0.1, 0.15) is 24.0 Å². The van der Waals surface area contributed by atoms with Crippen molar-refractivity contribution in [3.8, 4) is 16.3 Å². The Hall–Kier alpha value is -2.72. The molecule has 0 aliphatic carbocycles. The summed E-state index contributed by atoms with van der Waals surface area (Å²) in [6.07, 6.45) is 8.47. The largest absolute Gasteiger partial charge is 0.355 e. The van der Waals surface area contributed by atoms with Crippen molar-refractivity contribution >= 4 is 21.4 Å². The molecule has 3 aromatic heterocycles. The highest BCUT2D eigenvalue weighted by Gasteiger charge is 2.19. The van der Waals surface area contributed by atoms with Crippen molar-refractivity contribution < 1.29 is 12.9 Å². The lowest BCUT2D eigenvalue weighted by Gasteiger charge is -2.29. The maximum Gasteiger partial charge on any atom is 0.250 e. The van der Waals surface area contributed by atoms with Crippen LogP contribution in [0.25, 0.3) is 16.3 Å². The van der Waals surface area contributed by atoms with Gasteiger partial charge in [0.2, 0.25) is 10.0 Å².